The number of nitrogens with two attached hydrogens (primary N) is 1. The van der Waals surface area contributed by atoms with E-state index in [0.717, 1.165) is 25.9 Å². The summed E-state index contributed by atoms with van der Waals surface area (Å²) in [5.41, 5.74) is 5.73. The molecule has 0 heterocycles. The van der Waals surface area contributed by atoms with Gasteiger partial charge < -0.3 is 11.1 Å². The van der Waals surface area contributed by atoms with Gasteiger partial charge in [0.05, 0.1) is 6.04 Å². The van der Waals surface area contributed by atoms with Crippen molar-refractivity contribution in [2.24, 2.45) is 5.73 Å². The second-order valence-electron chi connectivity index (χ2n) is 4.21. The fourth-order valence-electron chi connectivity index (χ4n) is 1.80. The summed E-state index contributed by atoms with van der Waals surface area (Å²) in [6.07, 6.45) is 1.70. The number of hydrogen-bond acceptors (Lipinski definition) is 3. The molecule has 0 aliphatic heterocycles. The minimum Gasteiger partial charge on any atom is -0.353 e. The first-order valence-corrected chi connectivity index (χ1v) is 6.34. The zero-order valence-corrected chi connectivity index (χ0v) is 11.1. The third kappa shape index (κ3) is 5.47. The second kappa shape index (κ2) is 8.53. The highest BCUT2D eigenvalue weighted by atomic mass is 16.2. The molecule has 0 radical (unpaired) electrons. The Morgan fingerprint density at radius 2 is 1.88 bits per heavy atom. The maximum atomic E-state index is 11.6. The number of likely N-dealkylation sites (N-methyl/N-ethyl adjacent to an activating group) is 1. The molecule has 0 aromatic heterocycles. The van der Waals surface area contributed by atoms with Crippen LogP contribution in [-0.2, 0) is 4.79 Å². The van der Waals surface area contributed by atoms with Crippen LogP contribution >= 0.6 is 0 Å². The lowest BCUT2D eigenvalue weighted by atomic mass is 10.1. The molecular formula is C12H27N3O. The van der Waals surface area contributed by atoms with Gasteiger partial charge in [-0.25, -0.2) is 0 Å². The molecule has 0 aromatic carbocycles. The molecule has 96 valence electrons. The van der Waals surface area contributed by atoms with E-state index in [9.17, 15) is 4.79 Å². The smallest absolute Gasteiger partial charge is 0.236 e. The molecule has 1 amide bonds. The van der Waals surface area contributed by atoms with Gasteiger partial charge in [0.15, 0.2) is 0 Å². The Balaban J connectivity index is 3.90. The van der Waals surface area contributed by atoms with Gasteiger partial charge >= 0.3 is 0 Å². The average Bonchev–Trinajstić information content (AvgIpc) is 2.27. The maximum Gasteiger partial charge on any atom is 0.236 e. The average molecular weight is 229 g/mol. The molecule has 0 aliphatic rings. The number of hydrogen-bond donors (Lipinski definition) is 2. The van der Waals surface area contributed by atoms with Crippen molar-refractivity contribution in [1.82, 2.24) is 10.2 Å². The van der Waals surface area contributed by atoms with Crippen molar-refractivity contribution < 1.29 is 4.79 Å². The Morgan fingerprint density at radius 3 is 2.31 bits per heavy atom. The number of carbonyl (C=O) groups excluding carboxylic acids is 1. The van der Waals surface area contributed by atoms with Crippen LogP contribution in [0.4, 0.5) is 0 Å². The molecule has 2 unspecified atom stereocenters. The molecule has 4 nitrogen and oxygen atoms in total. The van der Waals surface area contributed by atoms with Gasteiger partial charge in [-0.3, -0.25) is 9.69 Å². The van der Waals surface area contributed by atoms with Crippen molar-refractivity contribution in [2.45, 2.75) is 52.6 Å². The Hall–Kier alpha value is -0.610. The predicted octanol–water partition coefficient (Wildman–Crippen LogP) is 0.960. The molecule has 0 aliphatic carbocycles. The van der Waals surface area contributed by atoms with Gasteiger partial charge in [0.2, 0.25) is 5.91 Å². The zero-order valence-electron chi connectivity index (χ0n) is 11.1. The van der Waals surface area contributed by atoms with Gasteiger partial charge in [-0.05, 0) is 26.4 Å². The molecule has 0 rings (SSSR count). The predicted molar refractivity (Wildman–Crippen MR) is 68.3 cm³/mol. The Bertz CT molecular complexity index is 193. The fraction of sp³-hybridized carbons (Fsp3) is 0.917. The number of amides is 1. The Labute approximate surface area is 99.6 Å². The Kier molecular flexibility index (Phi) is 8.21. The molecule has 2 atom stereocenters. The summed E-state index contributed by atoms with van der Waals surface area (Å²) >= 11 is 0. The molecule has 3 N–H and O–H groups in total. The molecule has 4 heteroatoms. The van der Waals surface area contributed by atoms with Crippen molar-refractivity contribution in [3.63, 3.8) is 0 Å². The van der Waals surface area contributed by atoms with Gasteiger partial charge in [0.25, 0.3) is 0 Å². The van der Waals surface area contributed by atoms with Crippen LogP contribution in [0.5, 0.6) is 0 Å². The first-order valence-electron chi connectivity index (χ1n) is 6.34. The fourth-order valence-corrected chi connectivity index (χ4v) is 1.80. The van der Waals surface area contributed by atoms with Crippen molar-refractivity contribution in [3.8, 4) is 0 Å². The van der Waals surface area contributed by atoms with Crippen LogP contribution < -0.4 is 11.1 Å². The largest absolute Gasteiger partial charge is 0.353 e. The van der Waals surface area contributed by atoms with Crippen LogP contribution in [0.3, 0.4) is 0 Å². The number of nitrogens with one attached hydrogen (secondary N) is 1. The van der Waals surface area contributed by atoms with Gasteiger partial charge in [-0.2, -0.15) is 0 Å². The van der Waals surface area contributed by atoms with Crippen LogP contribution in [0.25, 0.3) is 0 Å². The normalized spacial score (nSPS) is 14.9. The van der Waals surface area contributed by atoms with E-state index >= 15 is 0 Å². The van der Waals surface area contributed by atoms with Crippen molar-refractivity contribution >= 4 is 5.91 Å². The van der Waals surface area contributed by atoms with Crippen LogP contribution in [0, 0.1) is 0 Å². The molecule has 0 bridgehead atoms. The second-order valence-corrected chi connectivity index (χ2v) is 4.21. The van der Waals surface area contributed by atoms with E-state index in [1.807, 2.05) is 6.92 Å². The number of nitrogens with zero attached hydrogens (tertiary/aromatic N) is 1. The van der Waals surface area contributed by atoms with Gasteiger partial charge in [-0.15, -0.1) is 0 Å². The summed E-state index contributed by atoms with van der Waals surface area (Å²) in [6.45, 7) is 11.1. The maximum absolute atomic E-state index is 11.6. The third-order valence-electron chi connectivity index (χ3n) is 2.94. The van der Waals surface area contributed by atoms with E-state index < -0.39 is 0 Å². The highest BCUT2D eigenvalue weighted by Gasteiger charge is 2.15. The number of rotatable bonds is 8. The topological polar surface area (TPSA) is 58.4 Å². The molecular weight excluding hydrogens is 202 g/mol. The lowest BCUT2D eigenvalue weighted by Gasteiger charge is -2.26. The van der Waals surface area contributed by atoms with Crippen LogP contribution in [0.15, 0.2) is 0 Å². The molecule has 16 heavy (non-hydrogen) atoms. The minimum atomic E-state index is -0.353. The quantitative estimate of drug-likeness (QED) is 0.652. The van der Waals surface area contributed by atoms with Crippen molar-refractivity contribution in [3.05, 3.63) is 0 Å². The van der Waals surface area contributed by atoms with Crippen LogP contribution in [-0.4, -0.2) is 42.5 Å². The molecule has 0 fully saturated rings. The van der Waals surface area contributed by atoms with Gasteiger partial charge in [-0.1, -0.05) is 27.2 Å². The summed E-state index contributed by atoms with van der Waals surface area (Å²) in [4.78, 5) is 13.9. The molecule has 0 spiro atoms. The zero-order chi connectivity index (χ0) is 12.6. The Morgan fingerprint density at radius 1 is 1.31 bits per heavy atom. The lowest BCUT2D eigenvalue weighted by molar-refractivity contribution is -0.122. The van der Waals surface area contributed by atoms with Gasteiger partial charge in [0.1, 0.15) is 0 Å². The van der Waals surface area contributed by atoms with Crippen LogP contribution in [0.1, 0.15) is 40.5 Å². The summed E-state index contributed by atoms with van der Waals surface area (Å²) in [5.74, 6) is -0.0270. The summed E-state index contributed by atoms with van der Waals surface area (Å²) in [5, 5.41) is 2.91. The van der Waals surface area contributed by atoms with Crippen molar-refractivity contribution in [2.75, 3.05) is 19.6 Å². The van der Waals surface area contributed by atoms with E-state index in [1.165, 1.54) is 0 Å². The van der Waals surface area contributed by atoms with Crippen LogP contribution in [0.2, 0.25) is 0 Å². The van der Waals surface area contributed by atoms with E-state index in [0.29, 0.717) is 12.6 Å². The van der Waals surface area contributed by atoms with Crippen molar-refractivity contribution in [1.29, 1.82) is 0 Å². The first-order chi connectivity index (χ1) is 7.56. The number of carbonyl (C=O) groups is 1. The third-order valence-corrected chi connectivity index (χ3v) is 2.94. The first kappa shape index (κ1) is 15.4. The molecule has 0 saturated carbocycles. The summed E-state index contributed by atoms with van der Waals surface area (Å²) in [6, 6.07) is 0.0154. The van der Waals surface area contributed by atoms with E-state index in [2.05, 4.69) is 31.0 Å². The SMILES string of the molecule is CCCC(N)C(=O)NCC(C)N(CC)CC. The molecule has 0 aromatic rings. The summed E-state index contributed by atoms with van der Waals surface area (Å²) in [7, 11) is 0. The minimum absolute atomic E-state index is 0.0270. The highest BCUT2D eigenvalue weighted by Crippen LogP contribution is 1.97. The highest BCUT2D eigenvalue weighted by molar-refractivity contribution is 5.81. The van der Waals surface area contributed by atoms with E-state index in [1.54, 1.807) is 0 Å². The summed E-state index contributed by atoms with van der Waals surface area (Å²) < 4.78 is 0. The molecule has 0 saturated heterocycles. The van der Waals surface area contributed by atoms with E-state index in [4.69, 9.17) is 5.73 Å². The van der Waals surface area contributed by atoms with Gasteiger partial charge in [0, 0.05) is 12.6 Å². The van der Waals surface area contributed by atoms with E-state index in [-0.39, 0.29) is 11.9 Å². The standard InChI is InChI=1S/C12H27N3O/c1-5-8-11(13)12(16)14-9-10(4)15(6-2)7-3/h10-11H,5-9,13H2,1-4H3,(H,14,16). The lowest BCUT2D eigenvalue weighted by Crippen LogP contribution is -2.47. The monoisotopic (exact) mass is 229 g/mol.